The number of rotatable bonds is 0. The third-order valence-electron chi connectivity index (χ3n) is 2.33. The number of amides is 1. The van der Waals surface area contributed by atoms with E-state index < -0.39 is 0 Å². The van der Waals surface area contributed by atoms with E-state index in [4.69, 9.17) is 0 Å². The lowest BCUT2D eigenvalue weighted by atomic mass is 9.99. The first-order valence-corrected chi connectivity index (χ1v) is 4.96. The van der Waals surface area contributed by atoms with E-state index in [-0.39, 0.29) is 5.91 Å². The normalized spacial score (nSPS) is 43.4. The number of carbonyl (C=O) groups is 1. The molecule has 3 nitrogen and oxygen atoms in total. The van der Waals surface area contributed by atoms with Crippen LogP contribution in [0.1, 0.15) is 13.3 Å². The quantitative estimate of drug-likeness (QED) is 0.537. The summed E-state index contributed by atoms with van der Waals surface area (Å²) in [4.78, 5) is 11.1. The van der Waals surface area contributed by atoms with Crippen LogP contribution in [0.4, 0.5) is 0 Å². The fraction of sp³-hybridized carbons (Fsp3) is 0.857. The first-order valence-electron chi connectivity index (χ1n) is 3.92. The van der Waals surface area contributed by atoms with Crippen LogP contribution in [0, 0.1) is 0 Å². The largest absolute Gasteiger partial charge is 0.352 e. The maximum Gasteiger partial charge on any atom is 0.221 e. The van der Waals surface area contributed by atoms with Gasteiger partial charge in [0, 0.05) is 29.6 Å². The standard InChI is InChI=1S/C7H12N2OS/c1-4-7-5(11-3-8-7)2-6(10)9-4/h4-5,7-8H,2-3H2,1H3,(H,9,10). The third kappa shape index (κ3) is 1.25. The summed E-state index contributed by atoms with van der Waals surface area (Å²) in [6.45, 7) is 2.06. The van der Waals surface area contributed by atoms with Gasteiger partial charge in [0.15, 0.2) is 0 Å². The van der Waals surface area contributed by atoms with Gasteiger partial charge in [0.1, 0.15) is 0 Å². The monoisotopic (exact) mass is 172 g/mol. The fourth-order valence-electron chi connectivity index (χ4n) is 1.76. The zero-order valence-electron chi connectivity index (χ0n) is 6.46. The second-order valence-corrected chi connectivity index (χ2v) is 4.37. The lowest BCUT2D eigenvalue weighted by Crippen LogP contribution is -2.55. The predicted octanol–water partition coefficient (Wildman–Crippen LogP) is -0.0741. The molecule has 11 heavy (non-hydrogen) atoms. The molecular formula is C7H12N2OS. The number of thioether (sulfide) groups is 1. The second-order valence-electron chi connectivity index (χ2n) is 3.14. The van der Waals surface area contributed by atoms with Gasteiger partial charge in [0.2, 0.25) is 5.91 Å². The van der Waals surface area contributed by atoms with Gasteiger partial charge >= 0.3 is 0 Å². The summed E-state index contributed by atoms with van der Waals surface area (Å²) in [6.07, 6.45) is 0.687. The first kappa shape index (κ1) is 7.43. The molecule has 2 fully saturated rings. The van der Waals surface area contributed by atoms with Gasteiger partial charge in [-0.2, -0.15) is 0 Å². The Kier molecular flexibility index (Phi) is 1.81. The van der Waals surface area contributed by atoms with Crippen molar-refractivity contribution in [3.8, 4) is 0 Å². The Hall–Kier alpha value is -0.220. The van der Waals surface area contributed by atoms with Crippen molar-refractivity contribution in [1.29, 1.82) is 0 Å². The van der Waals surface area contributed by atoms with Gasteiger partial charge in [0.25, 0.3) is 0 Å². The molecule has 0 aromatic carbocycles. The molecule has 3 unspecified atom stereocenters. The van der Waals surface area contributed by atoms with Crippen molar-refractivity contribution in [1.82, 2.24) is 10.6 Å². The Morgan fingerprint density at radius 1 is 1.64 bits per heavy atom. The zero-order chi connectivity index (χ0) is 7.84. The van der Waals surface area contributed by atoms with Gasteiger partial charge < -0.3 is 10.6 Å². The Bertz CT molecular complexity index is 185. The number of fused-ring (bicyclic) bond motifs is 1. The minimum atomic E-state index is 0.204. The third-order valence-corrected chi connectivity index (χ3v) is 3.55. The number of hydrogen-bond donors (Lipinski definition) is 2. The first-order chi connectivity index (χ1) is 5.27. The van der Waals surface area contributed by atoms with E-state index in [9.17, 15) is 4.79 Å². The van der Waals surface area contributed by atoms with E-state index in [1.165, 1.54) is 0 Å². The highest BCUT2D eigenvalue weighted by atomic mass is 32.2. The smallest absolute Gasteiger partial charge is 0.221 e. The van der Waals surface area contributed by atoms with Crippen LogP contribution in [-0.4, -0.2) is 29.1 Å². The van der Waals surface area contributed by atoms with Crippen molar-refractivity contribution in [2.24, 2.45) is 0 Å². The minimum absolute atomic E-state index is 0.204. The maximum atomic E-state index is 11.1. The molecule has 0 aromatic heterocycles. The Balaban J connectivity index is 2.10. The molecule has 62 valence electrons. The lowest BCUT2D eigenvalue weighted by Gasteiger charge is -2.30. The topological polar surface area (TPSA) is 41.1 Å². The van der Waals surface area contributed by atoms with Crippen LogP contribution in [0.15, 0.2) is 0 Å². The highest BCUT2D eigenvalue weighted by molar-refractivity contribution is 8.00. The molecule has 2 saturated heterocycles. The summed E-state index contributed by atoms with van der Waals surface area (Å²) in [5, 5.41) is 6.83. The number of carbonyl (C=O) groups excluding carboxylic acids is 1. The van der Waals surface area contributed by atoms with Crippen LogP contribution in [-0.2, 0) is 4.79 Å². The van der Waals surface area contributed by atoms with Crippen molar-refractivity contribution in [2.45, 2.75) is 30.7 Å². The molecule has 3 atom stereocenters. The molecule has 0 bridgehead atoms. The second kappa shape index (κ2) is 2.68. The lowest BCUT2D eigenvalue weighted by molar-refractivity contribution is -0.123. The minimum Gasteiger partial charge on any atom is -0.352 e. The van der Waals surface area contributed by atoms with Crippen LogP contribution >= 0.6 is 11.8 Å². The number of nitrogens with one attached hydrogen (secondary N) is 2. The molecular weight excluding hydrogens is 160 g/mol. The fourth-order valence-corrected chi connectivity index (χ4v) is 3.07. The molecule has 0 saturated carbocycles. The van der Waals surface area contributed by atoms with E-state index in [0.717, 1.165) is 5.88 Å². The van der Waals surface area contributed by atoms with Crippen molar-refractivity contribution in [3.05, 3.63) is 0 Å². The van der Waals surface area contributed by atoms with Crippen LogP contribution in [0.5, 0.6) is 0 Å². The van der Waals surface area contributed by atoms with E-state index in [1.807, 2.05) is 11.8 Å². The molecule has 2 N–H and O–H groups in total. The molecule has 0 aromatic rings. The molecule has 2 aliphatic rings. The summed E-state index contributed by atoms with van der Waals surface area (Å²) >= 11 is 1.86. The predicted molar refractivity (Wildman–Crippen MR) is 45.4 cm³/mol. The van der Waals surface area contributed by atoms with E-state index in [0.29, 0.717) is 23.8 Å². The van der Waals surface area contributed by atoms with Gasteiger partial charge in [-0.15, -0.1) is 11.8 Å². The Morgan fingerprint density at radius 3 is 3.27 bits per heavy atom. The number of hydrogen-bond acceptors (Lipinski definition) is 3. The van der Waals surface area contributed by atoms with Gasteiger partial charge in [-0.3, -0.25) is 4.79 Å². The van der Waals surface area contributed by atoms with Gasteiger partial charge in [0.05, 0.1) is 0 Å². The summed E-state index contributed by atoms with van der Waals surface area (Å²) < 4.78 is 0. The molecule has 2 rings (SSSR count). The molecule has 0 spiro atoms. The molecule has 0 radical (unpaired) electrons. The van der Waals surface area contributed by atoms with Gasteiger partial charge in [-0.05, 0) is 6.92 Å². The van der Waals surface area contributed by atoms with Crippen LogP contribution in [0.2, 0.25) is 0 Å². The Morgan fingerprint density at radius 2 is 2.45 bits per heavy atom. The van der Waals surface area contributed by atoms with Crippen molar-refractivity contribution in [3.63, 3.8) is 0 Å². The summed E-state index contributed by atoms with van der Waals surface area (Å²) in [5.74, 6) is 1.20. The van der Waals surface area contributed by atoms with Crippen molar-refractivity contribution >= 4 is 17.7 Å². The van der Waals surface area contributed by atoms with Crippen molar-refractivity contribution < 1.29 is 4.79 Å². The van der Waals surface area contributed by atoms with E-state index in [1.54, 1.807) is 0 Å². The zero-order valence-corrected chi connectivity index (χ0v) is 7.28. The van der Waals surface area contributed by atoms with E-state index >= 15 is 0 Å². The molecule has 4 heteroatoms. The average Bonchev–Trinajstić information content (AvgIpc) is 2.34. The van der Waals surface area contributed by atoms with Crippen LogP contribution in [0.3, 0.4) is 0 Å². The molecule has 1 amide bonds. The summed E-state index contributed by atoms with van der Waals surface area (Å²) in [5.41, 5.74) is 0. The molecule has 2 heterocycles. The molecule has 2 aliphatic heterocycles. The van der Waals surface area contributed by atoms with Crippen LogP contribution < -0.4 is 10.6 Å². The number of piperidine rings is 1. The summed E-state index contributed by atoms with van der Waals surface area (Å²) in [6, 6.07) is 0.800. The summed E-state index contributed by atoms with van der Waals surface area (Å²) in [7, 11) is 0. The average molecular weight is 172 g/mol. The highest BCUT2D eigenvalue weighted by Gasteiger charge is 2.37. The van der Waals surface area contributed by atoms with E-state index in [2.05, 4.69) is 17.6 Å². The van der Waals surface area contributed by atoms with Gasteiger partial charge in [-0.1, -0.05) is 0 Å². The highest BCUT2D eigenvalue weighted by Crippen LogP contribution is 2.28. The Labute approximate surface area is 70.3 Å². The van der Waals surface area contributed by atoms with Gasteiger partial charge in [-0.25, -0.2) is 0 Å². The van der Waals surface area contributed by atoms with Crippen LogP contribution in [0.25, 0.3) is 0 Å². The maximum absolute atomic E-state index is 11.1. The van der Waals surface area contributed by atoms with Crippen molar-refractivity contribution in [2.75, 3.05) is 5.88 Å². The SMILES string of the molecule is CC1NC(=O)CC2SCNC12. The molecule has 0 aliphatic carbocycles.